The minimum absolute atomic E-state index is 0.250. The number of thioether (sulfide) groups is 1. The molecule has 76 valence electrons. The molecule has 1 heterocycles. The van der Waals surface area contributed by atoms with E-state index in [0.717, 1.165) is 23.3 Å². The van der Waals surface area contributed by atoms with E-state index in [9.17, 15) is 0 Å². The van der Waals surface area contributed by atoms with Crippen LogP contribution in [-0.4, -0.2) is 15.5 Å². The third kappa shape index (κ3) is 2.63. The summed E-state index contributed by atoms with van der Waals surface area (Å²) in [5, 5.41) is 24.2. The van der Waals surface area contributed by atoms with E-state index in [1.165, 1.54) is 0 Å². The van der Waals surface area contributed by atoms with Gasteiger partial charge in [-0.1, -0.05) is 11.8 Å². The molecular formula is C7H5N5S3. The van der Waals surface area contributed by atoms with Crippen LogP contribution >= 0.6 is 35.9 Å². The van der Waals surface area contributed by atoms with E-state index in [4.69, 9.17) is 21.7 Å². The number of nitrogens with one attached hydrogen (secondary N) is 1. The highest BCUT2D eigenvalue weighted by atomic mass is 32.2. The molecule has 0 aliphatic heterocycles. The first kappa shape index (κ1) is 11.9. The fourth-order valence-electron chi connectivity index (χ4n) is 0.715. The molecule has 8 heteroatoms. The molecule has 0 bridgehead atoms. The average molecular weight is 255 g/mol. The van der Waals surface area contributed by atoms with Crippen LogP contribution in [0.15, 0.2) is 9.24 Å². The number of nitriles is 2. The number of aromatic nitrogens is 1. The number of amidine groups is 1. The van der Waals surface area contributed by atoms with E-state index in [1.807, 2.05) is 12.1 Å². The van der Waals surface area contributed by atoms with E-state index in [2.05, 4.69) is 17.0 Å². The minimum Gasteiger partial charge on any atom is -0.386 e. The largest absolute Gasteiger partial charge is 0.386 e. The monoisotopic (exact) mass is 255 g/mol. The Kier molecular flexibility index (Phi) is 3.97. The number of nitrogens with two attached hydrogens (primary N) is 1. The average Bonchev–Trinajstić information content (AvgIpc) is 2.54. The summed E-state index contributed by atoms with van der Waals surface area (Å²) in [4.78, 5) is 0. The zero-order valence-corrected chi connectivity index (χ0v) is 9.79. The Bertz CT molecular complexity index is 466. The SMILES string of the molecule is N#Cc1c(SC(C#N)C(=N)N)nsc1S. The van der Waals surface area contributed by atoms with Crippen molar-refractivity contribution in [3.8, 4) is 12.1 Å². The Morgan fingerprint density at radius 1 is 1.67 bits per heavy atom. The van der Waals surface area contributed by atoms with Crippen molar-refractivity contribution in [2.75, 3.05) is 0 Å². The van der Waals surface area contributed by atoms with Crippen molar-refractivity contribution in [3.05, 3.63) is 5.56 Å². The molecule has 0 spiro atoms. The van der Waals surface area contributed by atoms with Gasteiger partial charge in [0, 0.05) is 0 Å². The van der Waals surface area contributed by atoms with E-state index in [-0.39, 0.29) is 5.84 Å². The van der Waals surface area contributed by atoms with Crippen LogP contribution in [0.4, 0.5) is 0 Å². The maximum absolute atomic E-state index is 8.80. The van der Waals surface area contributed by atoms with Gasteiger partial charge in [0.2, 0.25) is 0 Å². The van der Waals surface area contributed by atoms with Gasteiger partial charge < -0.3 is 5.73 Å². The van der Waals surface area contributed by atoms with Gasteiger partial charge in [0.25, 0.3) is 0 Å². The first-order valence-electron chi connectivity index (χ1n) is 3.59. The summed E-state index contributed by atoms with van der Waals surface area (Å²) in [6, 6.07) is 3.80. The Morgan fingerprint density at radius 2 is 2.33 bits per heavy atom. The molecular weight excluding hydrogens is 250 g/mol. The number of rotatable bonds is 3. The fraction of sp³-hybridized carbons (Fsp3) is 0.143. The van der Waals surface area contributed by atoms with Crippen LogP contribution in [-0.2, 0) is 0 Å². The Hall–Kier alpha value is -1.22. The molecule has 0 amide bonds. The van der Waals surface area contributed by atoms with Crippen LogP contribution < -0.4 is 5.73 Å². The minimum atomic E-state index is -0.813. The molecule has 15 heavy (non-hydrogen) atoms. The topological polar surface area (TPSA) is 110 Å². The van der Waals surface area contributed by atoms with E-state index in [0.29, 0.717) is 14.8 Å². The summed E-state index contributed by atoms with van der Waals surface area (Å²) in [7, 11) is 0. The third-order valence-corrected chi connectivity index (χ3v) is 3.73. The van der Waals surface area contributed by atoms with Crippen molar-refractivity contribution < 1.29 is 0 Å². The summed E-state index contributed by atoms with van der Waals surface area (Å²) >= 11 is 6.11. The summed E-state index contributed by atoms with van der Waals surface area (Å²) in [6.45, 7) is 0. The predicted octanol–water partition coefficient (Wildman–Crippen LogP) is 1.22. The van der Waals surface area contributed by atoms with Crippen molar-refractivity contribution in [1.29, 1.82) is 15.9 Å². The van der Waals surface area contributed by atoms with Gasteiger partial charge in [-0.05, 0) is 11.5 Å². The molecule has 1 atom stereocenters. The smallest absolute Gasteiger partial charge is 0.154 e. The van der Waals surface area contributed by atoms with Gasteiger partial charge in [-0.15, -0.1) is 12.6 Å². The van der Waals surface area contributed by atoms with Gasteiger partial charge in [-0.3, -0.25) is 5.41 Å². The Morgan fingerprint density at radius 3 is 2.80 bits per heavy atom. The molecule has 0 saturated carbocycles. The van der Waals surface area contributed by atoms with Gasteiger partial charge in [-0.25, -0.2) is 0 Å². The van der Waals surface area contributed by atoms with Gasteiger partial charge in [0.15, 0.2) is 5.25 Å². The maximum Gasteiger partial charge on any atom is 0.154 e. The van der Waals surface area contributed by atoms with Crippen molar-refractivity contribution in [3.63, 3.8) is 0 Å². The second kappa shape index (κ2) is 5.03. The lowest BCUT2D eigenvalue weighted by molar-refractivity contribution is 1.22. The molecule has 0 aliphatic rings. The molecule has 0 aliphatic carbocycles. The summed E-state index contributed by atoms with van der Waals surface area (Å²) in [5.74, 6) is -0.250. The van der Waals surface area contributed by atoms with Gasteiger partial charge in [0.1, 0.15) is 22.5 Å². The van der Waals surface area contributed by atoms with E-state index >= 15 is 0 Å². The highest BCUT2D eigenvalue weighted by molar-refractivity contribution is 8.01. The van der Waals surface area contributed by atoms with Crippen LogP contribution in [0.3, 0.4) is 0 Å². The highest BCUT2D eigenvalue weighted by Gasteiger charge is 2.19. The molecule has 1 aromatic rings. The molecule has 5 nitrogen and oxygen atoms in total. The van der Waals surface area contributed by atoms with Gasteiger partial charge >= 0.3 is 0 Å². The number of hydrogen-bond acceptors (Lipinski definition) is 7. The molecule has 0 radical (unpaired) electrons. The summed E-state index contributed by atoms with van der Waals surface area (Å²) in [6.07, 6.45) is 0. The maximum atomic E-state index is 8.80. The van der Waals surface area contributed by atoms with Crippen molar-refractivity contribution in [2.24, 2.45) is 5.73 Å². The quantitative estimate of drug-likeness (QED) is 0.325. The first-order chi connectivity index (χ1) is 7.10. The van der Waals surface area contributed by atoms with Crippen LogP contribution in [0.2, 0.25) is 0 Å². The zero-order valence-electron chi connectivity index (χ0n) is 7.26. The molecule has 1 rings (SSSR count). The normalized spacial score (nSPS) is 11.4. The van der Waals surface area contributed by atoms with Crippen LogP contribution in [0, 0.1) is 28.1 Å². The van der Waals surface area contributed by atoms with Crippen molar-refractivity contribution in [1.82, 2.24) is 4.37 Å². The lowest BCUT2D eigenvalue weighted by Gasteiger charge is -2.03. The van der Waals surface area contributed by atoms with Crippen LogP contribution in [0.25, 0.3) is 0 Å². The Labute approximate surface area is 100.0 Å². The van der Waals surface area contributed by atoms with Gasteiger partial charge in [-0.2, -0.15) is 14.9 Å². The number of nitrogens with zero attached hydrogens (tertiary/aromatic N) is 3. The molecule has 1 unspecified atom stereocenters. The second-order valence-electron chi connectivity index (χ2n) is 2.36. The fourth-order valence-corrected chi connectivity index (χ4v) is 2.58. The van der Waals surface area contributed by atoms with Gasteiger partial charge in [0.05, 0.1) is 10.3 Å². The molecule has 3 N–H and O–H groups in total. The van der Waals surface area contributed by atoms with Crippen molar-refractivity contribution in [2.45, 2.75) is 14.5 Å². The predicted molar refractivity (Wildman–Crippen MR) is 61.3 cm³/mol. The van der Waals surface area contributed by atoms with Crippen LogP contribution in [0.5, 0.6) is 0 Å². The van der Waals surface area contributed by atoms with Crippen molar-refractivity contribution >= 4 is 41.8 Å². The summed E-state index contributed by atoms with van der Waals surface area (Å²) < 4.78 is 4.46. The second-order valence-corrected chi connectivity index (χ2v) is 4.98. The van der Waals surface area contributed by atoms with E-state index in [1.54, 1.807) is 0 Å². The molecule has 0 aromatic carbocycles. The number of hydrogen-bond donors (Lipinski definition) is 3. The Balaban J connectivity index is 2.96. The first-order valence-corrected chi connectivity index (χ1v) is 5.69. The standard InChI is InChI=1S/C7H5N5S3/c8-1-3-6(12-15-7(3)13)14-4(2-9)5(10)11/h4,13H,(H3,10,11). The highest BCUT2D eigenvalue weighted by Crippen LogP contribution is 2.31. The lowest BCUT2D eigenvalue weighted by Crippen LogP contribution is -2.23. The third-order valence-electron chi connectivity index (χ3n) is 1.38. The lowest BCUT2D eigenvalue weighted by atomic mass is 10.4. The summed E-state index contributed by atoms with van der Waals surface area (Å²) in [5.41, 5.74) is 5.54. The molecule has 0 fully saturated rings. The van der Waals surface area contributed by atoms with Crippen LogP contribution in [0.1, 0.15) is 5.56 Å². The zero-order chi connectivity index (χ0) is 11.4. The molecule has 0 saturated heterocycles. The molecule has 1 aromatic heterocycles. The number of thiol groups is 1. The van der Waals surface area contributed by atoms with E-state index < -0.39 is 5.25 Å².